The molecular formula is C23H28N2O5. The van der Waals surface area contributed by atoms with E-state index in [1.807, 2.05) is 57.2 Å². The Kier molecular flexibility index (Phi) is 7.17. The third-order valence-corrected chi connectivity index (χ3v) is 4.87. The summed E-state index contributed by atoms with van der Waals surface area (Å²) in [6.45, 7) is 6.75. The highest BCUT2D eigenvalue weighted by molar-refractivity contribution is 5.88. The summed E-state index contributed by atoms with van der Waals surface area (Å²) in [5.41, 5.74) is 0.940. The normalized spacial score (nSPS) is 13.1. The minimum Gasteiger partial charge on any atom is -0.484 e. The number of benzene rings is 2. The van der Waals surface area contributed by atoms with Gasteiger partial charge in [-0.1, -0.05) is 38.1 Å². The molecule has 1 heterocycles. The number of nitrogens with one attached hydrogen (secondary N) is 1. The number of fused-ring (bicyclic) bond motifs is 1. The monoisotopic (exact) mass is 412 g/mol. The minimum absolute atomic E-state index is 0.0658. The maximum absolute atomic E-state index is 13.2. The number of carbonyl (C=O) groups excluding carboxylic acids is 2. The zero-order chi connectivity index (χ0) is 21.5. The molecule has 1 unspecified atom stereocenters. The largest absolute Gasteiger partial charge is 0.484 e. The van der Waals surface area contributed by atoms with Crippen molar-refractivity contribution in [2.45, 2.75) is 33.4 Å². The molecular weight excluding hydrogens is 384 g/mol. The van der Waals surface area contributed by atoms with E-state index in [0.29, 0.717) is 30.3 Å². The number of para-hydroxylation sites is 1. The first-order valence-corrected chi connectivity index (χ1v) is 10.1. The minimum atomic E-state index is -0.633. The van der Waals surface area contributed by atoms with Crippen molar-refractivity contribution in [2.24, 2.45) is 5.92 Å². The predicted molar refractivity (Wildman–Crippen MR) is 112 cm³/mol. The molecule has 1 N–H and O–H groups in total. The van der Waals surface area contributed by atoms with E-state index in [1.165, 1.54) is 0 Å². The van der Waals surface area contributed by atoms with Crippen LogP contribution in [0.5, 0.6) is 17.2 Å². The average Bonchev–Trinajstić information content (AvgIpc) is 3.22. The van der Waals surface area contributed by atoms with E-state index in [1.54, 1.807) is 17.0 Å². The quantitative estimate of drug-likeness (QED) is 0.685. The van der Waals surface area contributed by atoms with Crippen LogP contribution < -0.4 is 19.5 Å². The van der Waals surface area contributed by atoms with Crippen molar-refractivity contribution in [2.75, 3.05) is 19.9 Å². The van der Waals surface area contributed by atoms with Crippen LogP contribution in [0.15, 0.2) is 48.5 Å². The standard InChI is InChI=1S/C23H28N2O5/c1-4-25(13-17-10-11-19-20(12-17)30-15-29-19)23(27)22(16(2)3)24-21(26)14-28-18-8-6-5-7-9-18/h5-12,16,22H,4,13-15H2,1-3H3,(H,24,26). The summed E-state index contributed by atoms with van der Waals surface area (Å²) >= 11 is 0. The van der Waals surface area contributed by atoms with Gasteiger partial charge in [-0.15, -0.1) is 0 Å². The SMILES string of the molecule is CCN(Cc1ccc2c(c1)OCO2)C(=O)C(NC(=O)COc1ccccc1)C(C)C. The van der Waals surface area contributed by atoms with Gasteiger partial charge >= 0.3 is 0 Å². The predicted octanol–water partition coefficient (Wildman–Crippen LogP) is 2.98. The van der Waals surface area contributed by atoms with Crippen LogP contribution in [0.2, 0.25) is 0 Å². The highest BCUT2D eigenvalue weighted by atomic mass is 16.7. The van der Waals surface area contributed by atoms with E-state index in [0.717, 1.165) is 5.56 Å². The van der Waals surface area contributed by atoms with E-state index >= 15 is 0 Å². The van der Waals surface area contributed by atoms with Crippen LogP contribution in [0, 0.1) is 5.92 Å². The second-order valence-corrected chi connectivity index (χ2v) is 7.43. The summed E-state index contributed by atoms with van der Waals surface area (Å²) in [5.74, 6) is 1.48. The number of ether oxygens (including phenoxy) is 3. The lowest BCUT2D eigenvalue weighted by Gasteiger charge is -2.29. The Labute approximate surface area is 176 Å². The molecule has 0 bridgehead atoms. The first kappa shape index (κ1) is 21.5. The summed E-state index contributed by atoms with van der Waals surface area (Å²) in [4.78, 5) is 27.3. The van der Waals surface area contributed by atoms with Crippen molar-refractivity contribution >= 4 is 11.8 Å². The molecule has 0 fully saturated rings. The second-order valence-electron chi connectivity index (χ2n) is 7.43. The van der Waals surface area contributed by atoms with Crippen LogP contribution >= 0.6 is 0 Å². The summed E-state index contributed by atoms with van der Waals surface area (Å²) in [7, 11) is 0. The van der Waals surface area contributed by atoms with Crippen LogP contribution in [0.3, 0.4) is 0 Å². The summed E-state index contributed by atoms with van der Waals surface area (Å²) in [6, 6.07) is 14.1. The van der Waals surface area contributed by atoms with E-state index in [4.69, 9.17) is 14.2 Å². The summed E-state index contributed by atoms with van der Waals surface area (Å²) in [6.07, 6.45) is 0. The number of likely N-dealkylation sites (N-methyl/N-ethyl adjacent to an activating group) is 1. The van der Waals surface area contributed by atoms with Gasteiger partial charge in [-0.3, -0.25) is 9.59 Å². The molecule has 3 rings (SSSR count). The number of hydrogen-bond donors (Lipinski definition) is 1. The molecule has 7 heteroatoms. The Morgan fingerprint density at radius 2 is 1.83 bits per heavy atom. The molecule has 0 saturated heterocycles. The van der Waals surface area contributed by atoms with E-state index in [9.17, 15) is 9.59 Å². The van der Waals surface area contributed by atoms with Gasteiger partial charge in [0.2, 0.25) is 12.7 Å². The number of nitrogens with zero attached hydrogens (tertiary/aromatic N) is 1. The molecule has 160 valence electrons. The molecule has 2 aromatic rings. The number of carbonyl (C=O) groups is 2. The number of rotatable bonds is 9. The molecule has 0 spiro atoms. The van der Waals surface area contributed by atoms with Crippen molar-refractivity contribution in [3.63, 3.8) is 0 Å². The molecule has 1 atom stereocenters. The van der Waals surface area contributed by atoms with Crippen molar-refractivity contribution in [3.05, 3.63) is 54.1 Å². The topological polar surface area (TPSA) is 77.1 Å². The van der Waals surface area contributed by atoms with Gasteiger partial charge in [0.05, 0.1) is 0 Å². The van der Waals surface area contributed by atoms with E-state index in [-0.39, 0.29) is 31.1 Å². The zero-order valence-electron chi connectivity index (χ0n) is 17.6. The van der Waals surface area contributed by atoms with Gasteiger partial charge in [0.1, 0.15) is 11.8 Å². The van der Waals surface area contributed by atoms with Crippen molar-refractivity contribution in [3.8, 4) is 17.2 Å². The lowest BCUT2D eigenvalue weighted by molar-refractivity contribution is -0.138. The molecule has 0 aromatic heterocycles. The van der Waals surface area contributed by atoms with E-state index < -0.39 is 6.04 Å². The lowest BCUT2D eigenvalue weighted by atomic mass is 10.0. The Bertz CT molecular complexity index is 869. The van der Waals surface area contributed by atoms with Gasteiger partial charge in [0.25, 0.3) is 5.91 Å². The third-order valence-electron chi connectivity index (χ3n) is 4.87. The van der Waals surface area contributed by atoms with Crippen molar-refractivity contribution in [1.82, 2.24) is 10.2 Å². The van der Waals surface area contributed by atoms with Gasteiger partial charge in [0.15, 0.2) is 18.1 Å². The van der Waals surface area contributed by atoms with Crippen LogP contribution in [0.25, 0.3) is 0 Å². The fourth-order valence-corrected chi connectivity index (χ4v) is 3.20. The Balaban J connectivity index is 1.61. The maximum Gasteiger partial charge on any atom is 0.258 e. The first-order valence-electron chi connectivity index (χ1n) is 10.1. The summed E-state index contributed by atoms with van der Waals surface area (Å²) < 4.78 is 16.2. The van der Waals surface area contributed by atoms with Crippen LogP contribution in [-0.2, 0) is 16.1 Å². The molecule has 0 aliphatic carbocycles. The lowest BCUT2D eigenvalue weighted by Crippen LogP contribution is -2.52. The highest BCUT2D eigenvalue weighted by Crippen LogP contribution is 2.32. The fourth-order valence-electron chi connectivity index (χ4n) is 3.20. The number of hydrogen-bond acceptors (Lipinski definition) is 5. The Morgan fingerprint density at radius 1 is 1.10 bits per heavy atom. The van der Waals surface area contributed by atoms with E-state index in [2.05, 4.69) is 5.32 Å². The highest BCUT2D eigenvalue weighted by Gasteiger charge is 2.28. The zero-order valence-corrected chi connectivity index (χ0v) is 17.6. The first-order chi connectivity index (χ1) is 14.5. The van der Waals surface area contributed by atoms with Crippen molar-refractivity contribution < 1.29 is 23.8 Å². The summed E-state index contributed by atoms with van der Waals surface area (Å²) in [5, 5.41) is 2.83. The third kappa shape index (κ3) is 5.43. The molecule has 2 aromatic carbocycles. The number of amides is 2. The Morgan fingerprint density at radius 3 is 2.53 bits per heavy atom. The average molecular weight is 412 g/mol. The van der Waals surface area contributed by atoms with Crippen LogP contribution in [0.1, 0.15) is 26.3 Å². The van der Waals surface area contributed by atoms with Gasteiger partial charge in [-0.05, 0) is 42.7 Å². The molecule has 7 nitrogen and oxygen atoms in total. The second kappa shape index (κ2) is 10.0. The van der Waals surface area contributed by atoms with Crippen LogP contribution in [-0.4, -0.2) is 42.7 Å². The molecule has 0 radical (unpaired) electrons. The molecule has 30 heavy (non-hydrogen) atoms. The fraction of sp³-hybridized carbons (Fsp3) is 0.391. The van der Waals surface area contributed by atoms with Gasteiger partial charge in [-0.25, -0.2) is 0 Å². The van der Waals surface area contributed by atoms with Gasteiger partial charge < -0.3 is 24.4 Å². The van der Waals surface area contributed by atoms with Crippen LogP contribution in [0.4, 0.5) is 0 Å². The molecule has 2 amide bonds. The van der Waals surface area contributed by atoms with Crippen molar-refractivity contribution in [1.29, 1.82) is 0 Å². The maximum atomic E-state index is 13.2. The molecule has 1 aliphatic rings. The Hall–Kier alpha value is -3.22. The smallest absolute Gasteiger partial charge is 0.258 e. The molecule has 0 saturated carbocycles. The van der Waals surface area contributed by atoms with Gasteiger partial charge in [0, 0.05) is 13.1 Å². The molecule has 1 aliphatic heterocycles. The van der Waals surface area contributed by atoms with Gasteiger partial charge in [-0.2, -0.15) is 0 Å².